The van der Waals surface area contributed by atoms with Crippen molar-refractivity contribution in [3.05, 3.63) is 50.1 Å². The summed E-state index contributed by atoms with van der Waals surface area (Å²) < 4.78 is 28.7. The highest BCUT2D eigenvalue weighted by Gasteiger charge is 2.22. The molecule has 0 aliphatic heterocycles. The summed E-state index contributed by atoms with van der Waals surface area (Å²) in [6.45, 7) is 3.90. The highest BCUT2D eigenvalue weighted by Crippen LogP contribution is 2.27. The van der Waals surface area contributed by atoms with Crippen molar-refractivity contribution in [2.24, 2.45) is 5.73 Å². The first-order chi connectivity index (χ1) is 9.85. The van der Waals surface area contributed by atoms with Crippen LogP contribution in [0.3, 0.4) is 0 Å². The summed E-state index contributed by atoms with van der Waals surface area (Å²) >= 11 is 4.93. The van der Waals surface area contributed by atoms with Crippen molar-refractivity contribution >= 4 is 37.3 Å². The summed E-state index contributed by atoms with van der Waals surface area (Å²) in [4.78, 5) is 0.263. The van der Waals surface area contributed by atoms with Crippen LogP contribution in [0.5, 0.6) is 0 Å². The maximum Gasteiger partial charge on any atom is 0.241 e. The third-order valence-electron chi connectivity index (χ3n) is 3.26. The van der Waals surface area contributed by atoms with Gasteiger partial charge >= 0.3 is 0 Å². The first-order valence-corrected chi connectivity index (χ1v) is 9.60. The minimum Gasteiger partial charge on any atom is -0.326 e. The molecule has 1 aromatic carbocycles. The maximum absolute atomic E-state index is 12.6. The normalized spacial score (nSPS) is 13.3. The molecule has 7 heteroatoms. The van der Waals surface area contributed by atoms with Gasteiger partial charge in [-0.25, -0.2) is 13.1 Å². The summed E-state index contributed by atoms with van der Waals surface area (Å²) in [5, 5.41) is 3.86. The van der Waals surface area contributed by atoms with Crippen LogP contribution in [0.25, 0.3) is 0 Å². The molecule has 1 atom stereocenters. The van der Waals surface area contributed by atoms with Gasteiger partial charge in [0, 0.05) is 17.1 Å². The first-order valence-electron chi connectivity index (χ1n) is 6.38. The molecule has 0 bridgehead atoms. The molecule has 0 amide bonds. The zero-order chi connectivity index (χ0) is 15.6. The Balaban J connectivity index is 2.38. The zero-order valence-corrected chi connectivity index (χ0v) is 15.0. The Hall–Kier alpha value is -0.730. The average Bonchev–Trinajstić information content (AvgIpc) is 2.95. The molecule has 0 fully saturated rings. The van der Waals surface area contributed by atoms with E-state index in [0.717, 1.165) is 15.6 Å². The largest absolute Gasteiger partial charge is 0.326 e. The number of rotatable bonds is 5. The standard InChI is InChI=1S/C14H17BrN2O2S2/c1-9-13(15)5-11(7-16)6-14(9)21(18,19)17-10(2)12-3-4-20-8-12/h3-6,8,10,17H,7,16H2,1-2H3. The number of halogens is 1. The number of hydrogen-bond acceptors (Lipinski definition) is 4. The molecule has 114 valence electrons. The van der Waals surface area contributed by atoms with Crippen molar-refractivity contribution in [3.63, 3.8) is 0 Å². The number of sulfonamides is 1. The van der Waals surface area contributed by atoms with Crippen molar-refractivity contribution in [1.82, 2.24) is 4.72 Å². The highest BCUT2D eigenvalue weighted by molar-refractivity contribution is 9.10. The second-order valence-electron chi connectivity index (χ2n) is 4.80. The Morgan fingerprint density at radius 2 is 2.14 bits per heavy atom. The van der Waals surface area contributed by atoms with Crippen LogP contribution in [-0.2, 0) is 16.6 Å². The number of nitrogens with two attached hydrogens (primary N) is 1. The van der Waals surface area contributed by atoms with Gasteiger partial charge in [0.05, 0.1) is 4.90 Å². The molecular formula is C14H17BrN2O2S2. The fourth-order valence-electron chi connectivity index (χ4n) is 1.99. The third kappa shape index (κ3) is 3.73. The lowest BCUT2D eigenvalue weighted by molar-refractivity contribution is 0.566. The van der Waals surface area contributed by atoms with Gasteiger partial charge in [0.2, 0.25) is 10.0 Å². The van der Waals surface area contributed by atoms with E-state index in [1.165, 1.54) is 0 Å². The molecule has 2 rings (SSSR count). The van der Waals surface area contributed by atoms with Crippen LogP contribution < -0.4 is 10.5 Å². The van der Waals surface area contributed by atoms with E-state index in [9.17, 15) is 8.42 Å². The molecule has 1 unspecified atom stereocenters. The lowest BCUT2D eigenvalue weighted by Gasteiger charge is -2.16. The summed E-state index contributed by atoms with van der Waals surface area (Å²) in [6.07, 6.45) is 0. The summed E-state index contributed by atoms with van der Waals surface area (Å²) in [5.74, 6) is 0. The molecule has 3 N–H and O–H groups in total. The van der Waals surface area contributed by atoms with Crippen LogP contribution in [-0.4, -0.2) is 8.42 Å². The van der Waals surface area contributed by atoms with Gasteiger partial charge < -0.3 is 5.73 Å². The Bertz CT molecular complexity index is 728. The van der Waals surface area contributed by atoms with Gasteiger partial charge in [-0.05, 0) is 59.5 Å². The Morgan fingerprint density at radius 3 is 2.71 bits per heavy atom. The molecule has 2 aromatic rings. The van der Waals surface area contributed by atoms with Crippen LogP contribution >= 0.6 is 27.3 Å². The van der Waals surface area contributed by atoms with Crippen molar-refractivity contribution in [2.75, 3.05) is 0 Å². The third-order valence-corrected chi connectivity index (χ3v) is 6.45. The molecule has 0 saturated heterocycles. The molecule has 0 aliphatic rings. The van der Waals surface area contributed by atoms with Crippen molar-refractivity contribution in [3.8, 4) is 0 Å². The van der Waals surface area contributed by atoms with Gasteiger partial charge in [-0.1, -0.05) is 15.9 Å². The molecule has 0 radical (unpaired) electrons. The second kappa shape index (κ2) is 6.58. The van der Waals surface area contributed by atoms with Crippen molar-refractivity contribution < 1.29 is 8.42 Å². The van der Waals surface area contributed by atoms with Crippen molar-refractivity contribution in [2.45, 2.75) is 31.3 Å². The first kappa shape index (κ1) is 16.6. The minimum atomic E-state index is -3.60. The van der Waals surface area contributed by atoms with Crippen LogP contribution in [0.15, 0.2) is 38.3 Å². The monoisotopic (exact) mass is 388 g/mol. The van der Waals surface area contributed by atoms with E-state index < -0.39 is 10.0 Å². The van der Waals surface area contributed by atoms with Gasteiger partial charge in [0.1, 0.15) is 0 Å². The number of thiophene rings is 1. The van der Waals surface area contributed by atoms with E-state index in [1.807, 2.05) is 29.8 Å². The minimum absolute atomic E-state index is 0.263. The smallest absolute Gasteiger partial charge is 0.241 e. The number of nitrogens with one attached hydrogen (secondary N) is 1. The van der Waals surface area contributed by atoms with E-state index >= 15 is 0 Å². The Labute approximate surface area is 137 Å². The van der Waals surface area contributed by atoms with E-state index in [4.69, 9.17) is 5.73 Å². The van der Waals surface area contributed by atoms with Gasteiger partial charge in [-0.2, -0.15) is 11.3 Å². The lowest BCUT2D eigenvalue weighted by Crippen LogP contribution is -2.27. The summed E-state index contributed by atoms with van der Waals surface area (Å²) in [6, 6.07) is 5.11. The Kier molecular flexibility index (Phi) is 5.21. The van der Waals surface area contributed by atoms with Gasteiger partial charge in [-0.15, -0.1) is 0 Å². The van der Waals surface area contributed by atoms with E-state index in [2.05, 4.69) is 20.7 Å². The molecule has 0 saturated carbocycles. The molecule has 1 aromatic heterocycles. The summed E-state index contributed by atoms with van der Waals surface area (Å²) in [5.41, 5.74) is 8.03. The number of benzene rings is 1. The quantitative estimate of drug-likeness (QED) is 0.824. The van der Waals surface area contributed by atoms with E-state index in [1.54, 1.807) is 24.3 Å². The highest BCUT2D eigenvalue weighted by atomic mass is 79.9. The fraction of sp³-hybridized carbons (Fsp3) is 0.286. The van der Waals surface area contributed by atoms with E-state index in [-0.39, 0.29) is 10.9 Å². The van der Waals surface area contributed by atoms with Gasteiger partial charge in [0.25, 0.3) is 0 Å². The predicted molar refractivity (Wildman–Crippen MR) is 89.8 cm³/mol. The molecule has 0 spiro atoms. The second-order valence-corrected chi connectivity index (χ2v) is 8.12. The lowest BCUT2D eigenvalue weighted by atomic mass is 10.1. The summed E-state index contributed by atoms with van der Waals surface area (Å²) in [7, 11) is -3.60. The van der Waals surface area contributed by atoms with Gasteiger partial charge in [0.15, 0.2) is 0 Å². The fourth-order valence-corrected chi connectivity index (χ4v) is 4.93. The van der Waals surface area contributed by atoms with Crippen LogP contribution in [0.1, 0.15) is 29.7 Å². The van der Waals surface area contributed by atoms with E-state index in [0.29, 0.717) is 12.1 Å². The average molecular weight is 389 g/mol. The van der Waals surface area contributed by atoms with Crippen LogP contribution in [0.2, 0.25) is 0 Å². The topological polar surface area (TPSA) is 72.2 Å². The van der Waals surface area contributed by atoms with Crippen molar-refractivity contribution in [1.29, 1.82) is 0 Å². The zero-order valence-electron chi connectivity index (χ0n) is 11.8. The van der Waals surface area contributed by atoms with Gasteiger partial charge in [-0.3, -0.25) is 0 Å². The molecule has 0 aliphatic carbocycles. The Morgan fingerprint density at radius 1 is 1.43 bits per heavy atom. The van der Waals surface area contributed by atoms with Crippen LogP contribution in [0, 0.1) is 6.92 Å². The predicted octanol–water partition coefficient (Wildman–Crippen LogP) is 3.32. The SMILES string of the molecule is Cc1c(Br)cc(CN)cc1S(=O)(=O)NC(C)c1ccsc1. The number of hydrogen-bond donors (Lipinski definition) is 2. The molecule has 21 heavy (non-hydrogen) atoms. The molecule has 4 nitrogen and oxygen atoms in total. The maximum atomic E-state index is 12.6. The molecule has 1 heterocycles. The molecular weight excluding hydrogens is 372 g/mol. The van der Waals surface area contributed by atoms with Crippen LogP contribution in [0.4, 0.5) is 0 Å².